The molecule has 112 valence electrons. The number of rotatable bonds is 12. The molecular formula is C15H33ClIN. The highest BCUT2D eigenvalue weighted by atomic mass is 127. The minimum atomic E-state index is 0. The molecule has 0 aromatic rings. The summed E-state index contributed by atoms with van der Waals surface area (Å²) in [7, 11) is 4.65. The van der Waals surface area contributed by atoms with Crippen molar-refractivity contribution in [2.24, 2.45) is 0 Å². The van der Waals surface area contributed by atoms with Crippen molar-refractivity contribution in [3.8, 4) is 0 Å². The summed E-state index contributed by atoms with van der Waals surface area (Å²) in [5.41, 5.74) is 0. The van der Waals surface area contributed by atoms with Crippen LogP contribution in [0.25, 0.3) is 0 Å². The van der Waals surface area contributed by atoms with Crippen LogP contribution in [0.1, 0.15) is 64.7 Å². The van der Waals surface area contributed by atoms with Gasteiger partial charge in [0.1, 0.15) is 0 Å². The van der Waals surface area contributed by atoms with Crippen LogP contribution >= 0.6 is 11.6 Å². The predicted octanol–water partition coefficient (Wildman–Crippen LogP) is 1.84. The summed E-state index contributed by atoms with van der Waals surface area (Å²) in [5, 5.41) is 0. The normalized spacial score (nSPS) is 11.3. The van der Waals surface area contributed by atoms with Gasteiger partial charge in [0.25, 0.3) is 0 Å². The first kappa shape index (κ1) is 21.3. The van der Waals surface area contributed by atoms with Gasteiger partial charge in [0, 0.05) is 12.3 Å². The third-order valence-electron chi connectivity index (χ3n) is 3.51. The molecule has 0 aromatic carbocycles. The van der Waals surface area contributed by atoms with Crippen LogP contribution in [0.2, 0.25) is 0 Å². The first-order valence-corrected chi connectivity index (χ1v) is 8.04. The molecule has 3 heteroatoms. The van der Waals surface area contributed by atoms with E-state index in [0.717, 1.165) is 16.8 Å². The van der Waals surface area contributed by atoms with Gasteiger partial charge in [-0.05, 0) is 12.8 Å². The van der Waals surface area contributed by atoms with E-state index in [1.165, 1.54) is 64.5 Å². The summed E-state index contributed by atoms with van der Waals surface area (Å²) in [6.07, 6.45) is 12.5. The van der Waals surface area contributed by atoms with Gasteiger partial charge in [-0.3, -0.25) is 0 Å². The Morgan fingerprint density at radius 1 is 0.722 bits per heavy atom. The summed E-state index contributed by atoms with van der Waals surface area (Å²) in [5.74, 6) is 0.805. The minimum Gasteiger partial charge on any atom is -1.00 e. The van der Waals surface area contributed by atoms with Gasteiger partial charge in [-0.25, -0.2) is 0 Å². The zero-order chi connectivity index (χ0) is 13.0. The van der Waals surface area contributed by atoms with E-state index in [9.17, 15) is 0 Å². The Hall–Kier alpha value is 0.980. The average Bonchev–Trinajstić information content (AvgIpc) is 2.30. The third kappa shape index (κ3) is 15.0. The fourth-order valence-corrected chi connectivity index (χ4v) is 2.39. The van der Waals surface area contributed by atoms with E-state index in [4.69, 9.17) is 11.6 Å². The lowest BCUT2D eigenvalue weighted by Crippen LogP contribution is -3.00. The number of alkyl halides is 1. The molecule has 0 N–H and O–H groups in total. The topological polar surface area (TPSA) is 0 Å². The quantitative estimate of drug-likeness (QED) is 0.207. The van der Waals surface area contributed by atoms with Gasteiger partial charge < -0.3 is 28.5 Å². The smallest absolute Gasteiger partial charge is 0.0794 e. The van der Waals surface area contributed by atoms with Crippen LogP contribution < -0.4 is 24.0 Å². The summed E-state index contributed by atoms with van der Waals surface area (Å²) in [4.78, 5) is 0. The van der Waals surface area contributed by atoms with Crippen molar-refractivity contribution in [3.63, 3.8) is 0 Å². The Morgan fingerprint density at radius 3 is 1.67 bits per heavy atom. The number of nitrogens with zero attached hydrogens (tertiary/aromatic N) is 1. The molecule has 0 atom stereocenters. The Balaban J connectivity index is 0. The van der Waals surface area contributed by atoms with Gasteiger partial charge >= 0.3 is 0 Å². The van der Waals surface area contributed by atoms with Crippen molar-refractivity contribution in [3.05, 3.63) is 0 Å². The maximum Gasteiger partial charge on any atom is 0.0794 e. The molecule has 0 spiro atoms. The summed E-state index contributed by atoms with van der Waals surface area (Å²) >= 11 is 5.74. The Kier molecular flexibility index (Phi) is 17.0. The van der Waals surface area contributed by atoms with Crippen molar-refractivity contribution >= 4 is 11.6 Å². The maximum absolute atomic E-state index is 5.74. The Morgan fingerprint density at radius 2 is 1.17 bits per heavy atom. The van der Waals surface area contributed by atoms with E-state index >= 15 is 0 Å². The van der Waals surface area contributed by atoms with Gasteiger partial charge in [0.05, 0.1) is 27.2 Å². The second-order valence-corrected chi connectivity index (χ2v) is 6.28. The molecule has 18 heavy (non-hydrogen) atoms. The van der Waals surface area contributed by atoms with E-state index in [2.05, 4.69) is 21.0 Å². The van der Waals surface area contributed by atoms with Crippen molar-refractivity contribution in [1.82, 2.24) is 0 Å². The molecule has 0 rings (SSSR count). The van der Waals surface area contributed by atoms with Crippen LogP contribution in [-0.2, 0) is 0 Å². The van der Waals surface area contributed by atoms with E-state index < -0.39 is 0 Å². The van der Waals surface area contributed by atoms with Crippen molar-refractivity contribution in [2.45, 2.75) is 64.7 Å². The average molecular weight is 390 g/mol. The van der Waals surface area contributed by atoms with E-state index in [1.807, 2.05) is 0 Å². The molecule has 0 saturated carbocycles. The SMILES string of the molecule is CCCCCCCCCC[N+](C)(C)CCCCl.[I-]. The lowest BCUT2D eigenvalue weighted by molar-refractivity contribution is -0.890. The second-order valence-electron chi connectivity index (χ2n) is 5.90. The largest absolute Gasteiger partial charge is 1.00 e. The highest BCUT2D eigenvalue weighted by Crippen LogP contribution is 2.10. The summed E-state index contributed by atoms with van der Waals surface area (Å²) < 4.78 is 1.14. The van der Waals surface area contributed by atoms with Crippen molar-refractivity contribution < 1.29 is 28.5 Å². The van der Waals surface area contributed by atoms with Gasteiger partial charge in [-0.2, -0.15) is 0 Å². The number of quaternary nitrogens is 1. The molecule has 0 heterocycles. The van der Waals surface area contributed by atoms with Crippen LogP contribution in [0, 0.1) is 0 Å². The predicted molar refractivity (Wildman–Crippen MR) is 79.8 cm³/mol. The number of unbranched alkanes of at least 4 members (excludes halogenated alkanes) is 7. The standard InChI is InChI=1S/C15H33ClN.HI/c1-4-5-6-7-8-9-10-11-14-17(2,3)15-12-13-16;/h4-15H2,1-3H3;1H/q+1;/p-1. The highest BCUT2D eigenvalue weighted by molar-refractivity contribution is 6.17. The van der Waals surface area contributed by atoms with Crippen LogP contribution in [0.4, 0.5) is 0 Å². The zero-order valence-electron chi connectivity index (χ0n) is 12.7. The van der Waals surface area contributed by atoms with E-state index in [-0.39, 0.29) is 24.0 Å². The molecule has 0 unspecified atom stereocenters. The number of halogens is 2. The number of hydrogen-bond donors (Lipinski definition) is 0. The van der Waals surface area contributed by atoms with Gasteiger partial charge in [0.15, 0.2) is 0 Å². The second kappa shape index (κ2) is 14.4. The summed E-state index contributed by atoms with van der Waals surface area (Å²) in [6.45, 7) is 4.81. The van der Waals surface area contributed by atoms with Crippen LogP contribution in [0.3, 0.4) is 0 Å². The molecule has 0 saturated heterocycles. The fourth-order valence-electron chi connectivity index (χ4n) is 2.27. The van der Waals surface area contributed by atoms with E-state index in [0.29, 0.717) is 0 Å². The first-order chi connectivity index (χ1) is 8.12. The van der Waals surface area contributed by atoms with Gasteiger partial charge in [-0.15, -0.1) is 11.6 Å². The third-order valence-corrected chi connectivity index (χ3v) is 3.78. The molecule has 0 bridgehead atoms. The molecule has 0 aliphatic carbocycles. The molecule has 0 fully saturated rings. The van der Waals surface area contributed by atoms with Crippen LogP contribution in [0.5, 0.6) is 0 Å². The minimum absolute atomic E-state index is 0. The lowest BCUT2D eigenvalue weighted by Gasteiger charge is -2.29. The monoisotopic (exact) mass is 389 g/mol. The molecule has 0 aliphatic rings. The molecule has 0 aromatic heterocycles. The first-order valence-electron chi connectivity index (χ1n) is 7.50. The Labute approximate surface area is 137 Å². The van der Waals surface area contributed by atoms with Crippen LogP contribution in [-0.4, -0.2) is 37.5 Å². The summed E-state index contributed by atoms with van der Waals surface area (Å²) in [6, 6.07) is 0. The fraction of sp³-hybridized carbons (Fsp3) is 1.00. The van der Waals surface area contributed by atoms with E-state index in [1.54, 1.807) is 0 Å². The molecule has 0 radical (unpaired) electrons. The molecular weight excluding hydrogens is 357 g/mol. The molecule has 0 amide bonds. The molecule has 0 aliphatic heterocycles. The van der Waals surface area contributed by atoms with Crippen molar-refractivity contribution in [2.75, 3.05) is 33.1 Å². The van der Waals surface area contributed by atoms with Crippen LogP contribution in [0.15, 0.2) is 0 Å². The lowest BCUT2D eigenvalue weighted by atomic mass is 10.1. The maximum atomic E-state index is 5.74. The zero-order valence-corrected chi connectivity index (χ0v) is 15.6. The van der Waals surface area contributed by atoms with Crippen molar-refractivity contribution in [1.29, 1.82) is 0 Å². The number of hydrogen-bond acceptors (Lipinski definition) is 0. The highest BCUT2D eigenvalue weighted by Gasteiger charge is 2.12. The Bertz CT molecular complexity index is 163. The van der Waals surface area contributed by atoms with Gasteiger partial charge in [0.2, 0.25) is 0 Å². The van der Waals surface area contributed by atoms with Gasteiger partial charge in [-0.1, -0.05) is 45.4 Å². The molecule has 1 nitrogen and oxygen atoms in total.